The summed E-state index contributed by atoms with van der Waals surface area (Å²) in [6.45, 7) is 4.37. The van der Waals surface area contributed by atoms with Crippen molar-refractivity contribution in [3.8, 4) is 62.1 Å². The molecule has 0 N–H and O–H groups in total. The third-order valence-corrected chi connectivity index (χ3v) is 15.7. The number of rotatable bonds is 8. The van der Waals surface area contributed by atoms with E-state index in [-0.39, 0.29) is 6.71 Å². The third kappa shape index (κ3) is 7.38. The van der Waals surface area contributed by atoms with Gasteiger partial charge < -0.3 is 14.4 Å². The average Bonchev–Trinajstić information content (AvgIpc) is 3.97. The summed E-state index contributed by atoms with van der Waals surface area (Å²) in [7, 11) is 0. The van der Waals surface area contributed by atoms with E-state index in [4.69, 9.17) is 15.0 Å². The highest BCUT2D eigenvalue weighted by molar-refractivity contribution is 7.00. The quantitative estimate of drug-likeness (QED) is 0.142. The fraction of sp³-hybridized carbons (Fsp3) is 0.0282. The van der Waals surface area contributed by atoms with Crippen molar-refractivity contribution in [2.45, 2.75) is 13.8 Å². The van der Waals surface area contributed by atoms with Crippen LogP contribution >= 0.6 is 0 Å². The smallest absolute Gasteiger partial charge is 0.252 e. The van der Waals surface area contributed by atoms with Gasteiger partial charge in [0.25, 0.3) is 6.71 Å². The van der Waals surface area contributed by atoms with Gasteiger partial charge in [-0.25, -0.2) is 15.0 Å². The van der Waals surface area contributed by atoms with Crippen LogP contribution in [-0.2, 0) is 0 Å². The van der Waals surface area contributed by atoms with Gasteiger partial charge in [0.2, 0.25) is 0 Å². The molecule has 0 radical (unpaired) electrons. The molecule has 15 rings (SSSR count). The van der Waals surface area contributed by atoms with E-state index in [2.05, 4.69) is 253 Å². The predicted octanol–water partition coefficient (Wildman–Crippen LogP) is 16.0. The van der Waals surface area contributed by atoms with Crippen LogP contribution in [0.5, 0.6) is 0 Å². The van der Waals surface area contributed by atoms with E-state index >= 15 is 0 Å². The second-order valence-corrected chi connectivity index (χ2v) is 20.5. The molecule has 0 saturated carbocycles. The Labute approximate surface area is 454 Å². The molecule has 13 aromatic rings. The molecule has 6 nitrogen and oxygen atoms in total. The predicted molar refractivity (Wildman–Crippen MR) is 325 cm³/mol. The van der Waals surface area contributed by atoms with Crippen LogP contribution in [0, 0.1) is 13.8 Å². The Morgan fingerprint density at radius 2 is 0.756 bits per heavy atom. The van der Waals surface area contributed by atoms with Gasteiger partial charge in [-0.15, -0.1) is 0 Å². The lowest BCUT2D eigenvalue weighted by Crippen LogP contribution is -2.61. The number of anilines is 6. The molecule has 0 unspecified atom stereocenters. The van der Waals surface area contributed by atoms with Crippen molar-refractivity contribution in [3.05, 3.63) is 272 Å². The molecule has 2 aliphatic rings. The van der Waals surface area contributed by atoms with Crippen LogP contribution < -0.4 is 26.2 Å². The Bertz CT molecular complexity index is 4250. The first-order chi connectivity index (χ1) is 38.5. The van der Waals surface area contributed by atoms with Crippen LogP contribution in [0.4, 0.5) is 34.1 Å². The van der Waals surface area contributed by atoms with Gasteiger partial charge in [0.1, 0.15) is 0 Å². The molecule has 7 heteroatoms. The molecule has 0 atom stereocenters. The number of benzene rings is 11. The van der Waals surface area contributed by atoms with Crippen molar-refractivity contribution in [1.29, 1.82) is 0 Å². The first kappa shape index (κ1) is 45.3. The van der Waals surface area contributed by atoms with E-state index in [1.165, 1.54) is 49.7 Å². The molecule has 2 aromatic heterocycles. The first-order valence-electron chi connectivity index (χ1n) is 26.7. The normalized spacial score (nSPS) is 12.4. The molecule has 11 aromatic carbocycles. The molecule has 0 amide bonds. The minimum Gasteiger partial charge on any atom is -0.311 e. The maximum atomic E-state index is 5.38. The zero-order valence-electron chi connectivity index (χ0n) is 43.1. The summed E-state index contributed by atoms with van der Waals surface area (Å²) in [5.74, 6) is 1.82. The number of fused-ring (bicyclic) bond motifs is 7. The molecule has 78 heavy (non-hydrogen) atoms. The van der Waals surface area contributed by atoms with E-state index < -0.39 is 0 Å². The van der Waals surface area contributed by atoms with Crippen molar-refractivity contribution in [1.82, 2.24) is 19.5 Å². The molecule has 0 spiro atoms. The summed E-state index contributed by atoms with van der Waals surface area (Å²) >= 11 is 0. The molecule has 0 bridgehead atoms. The molecule has 4 heterocycles. The van der Waals surface area contributed by atoms with Gasteiger partial charge in [0.15, 0.2) is 17.5 Å². The lowest BCUT2D eigenvalue weighted by Gasteiger charge is -2.44. The molecule has 0 saturated heterocycles. The number of aryl methyl sites for hydroxylation is 2. The van der Waals surface area contributed by atoms with Gasteiger partial charge in [-0.1, -0.05) is 187 Å². The molecule has 0 aliphatic carbocycles. The van der Waals surface area contributed by atoms with Crippen LogP contribution in [0.25, 0.3) is 83.9 Å². The van der Waals surface area contributed by atoms with Crippen LogP contribution in [0.3, 0.4) is 0 Å². The van der Waals surface area contributed by atoms with Gasteiger partial charge in [-0.05, 0) is 132 Å². The largest absolute Gasteiger partial charge is 0.311 e. The van der Waals surface area contributed by atoms with Crippen molar-refractivity contribution in [2.75, 3.05) is 9.80 Å². The van der Waals surface area contributed by atoms with Crippen LogP contribution in [-0.4, -0.2) is 26.2 Å². The lowest BCUT2D eigenvalue weighted by atomic mass is 9.33. The number of nitrogens with zero attached hydrogens (tertiary/aromatic N) is 6. The van der Waals surface area contributed by atoms with Crippen LogP contribution in [0.15, 0.2) is 261 Å². The summed E-state index contributed by atoms with van der Waals surface area (Å²) in [5, 5.41) is 2.40. The van der Waals surface area contributed by atoms with Crippen molar-refractivity contribution >= 4 is 79.0 Å². The van der Waals surface area contributed by atoms with Gasteiger partial charge in [0, 0.05) is 67.2 Å². The van der Waals surface area contributed by atoms with Crippen molar-refractivity contribution in [3.63, 3.8) is 0 Å². The van der Waals surface area contributed by atoms with Gasteiger partial charge in [0.05, 0.1) is 16.7 Å². The maximum Gasteiger partial charge on any atom is 0.252 e. The van der Waals surface area contributed by atoms with Gasteiger partial charge in [-0.2, -0.15) is 0 Å². The maximum absolute atomic E-state index is 5.38. The Hall–Kier alpha value is -10.1. The van der Waals surface area contributed by atoms with Gasteiger partial charge in [-0.3, -0.25) is 0 Å². The number of aromatic nitrogens is 4. The Kier molecular flexibility index (Phi) is 10.6. The minimum atomic E-state index is 0.0204. The third-order valence-electron chi connectivity index (χ3n) is 15.7. The second kappa shape index (κ2) is 18.3. The summed E-state index contributed by atoms with van der Waals surface area (Å²) in [6, 6.07) is 94.3. The minimum absolute atomic E-state index is 0.0204. The molecule has 366 valence electrons. The second-order valence-electron chi connectivity index (χ2n) is 20.5. The Balaban J connectivity index is 0.999. The van der Waals surface area contributed by atoms with Crippen molar-refractivity contribution < 1.29 is 0 Å². The highest BCUT2D eigenvalue weighted by Gasteiger charge is 2.43. The van der Waals surface area contributed by atoms with E-state index in [0.29, 0.717) is 17.5 Å². The topological polar surface area (TPSA) is 50.1 Å². The van der Waals surface area contributed by atoms with E-state index in [0.717, 1.165) is 78.4 Å². The Morgan fingerprint density at radius 1 is 0.321 bits per heavy atom. The highest BCUT2D eigenvalue weighted by Crippen LogP contribution is 2.47. The fourth-order valence-corrected chi connectivity index (χ4v) is 12.3. The van der Waals surface area contributed by atoms with Crippen LogP contribution in [0.1, 0.15) is 11.1 Å². The van der Waals surface area contributed by atoms with E-state index in [1.54, 1.807) is 0 Å². The summed E-state index contributed by atoms with van der Waals surface area (Å²) in [4.78, 5) is 20.8. The van der Waals surface area contributed by atoms with Crippen molar-refractivity contribution in [2.24, 2.45) is 0 Å². The Morgan fingerprint density at radius 3 is 1.29 bits per heavy atom. The monoisotopic (exact) mass is 996 g/mol. The van der Waals surface area contributed by atoms with E-state index in [1.807, 2.05) is 36.4 Å². The van der Waals surface area contributed by atoms with E-state index in [9.17, 15) is 0 Å². The fourth-order valence-electron chi connectivity index (χ4n) is 12.3. The zero-order valence-corrected chi connectivity index (χ0v) is 43.1. The molecule has 2 aliphatic heterocycles. The average molecular weight is 997 g/mol. The number of hydrogen-bond donors (Lipinski definition) is 0. The number of hydrogen-bond acceptors (Lipinski definition) is 5. The molecular formula is C71H49BN6. The van der Waals surface area contributed by atoms with Gasteiger partial charge >= 0.3 is 0 Å². The summed E-state index contributed by atoms with van der Waals surface area (Å²) < 4.78 is 2.45. The SMILES string of the molecule is Cc1ccc2c(c1)c1cc(C)ccc1n2-c1c(-c2cccc(-c3cc4c5c(c3)N(c3ccccc3)c3ccccc3B5c3ccccc3N4c3ccccc3)c2)cccc1-c1nc(-c2ccccc2)nc(-c2ccccc2)n1. The summed E-state index contributed by atoms with van der Waals surface area (Å²) in [6.07, 6.45) is 0. The zero-order chi connectivity index (χ0) is 51.8. The standard InChI is InChI=1S/C71H49BN6/c1-46-37-39-61-57(41-46)58-42-47(2)38-40-62(58)78(61)68-55(31-20-32-56(68)71-74-69(48-21-7-3-8-22-48)73-70(75-71)49-23-9-4-10-24-49)51-26-19-25-50(43-51)52-44-65-67-66(45-52)77(54-29-13-6-14-30-54)64-36-18-16-34-60(64)72(67)59-33-15-17-35-63(59)76(65)53-27-11-5-12-28-53/h3-45H,1-2H3. The molecular weight excluding hydrogens is 948 g/mol. The van der Waals surface area contributed by atoms with Crippen LogP contribution in [0.2, 0.25) is 0 Å². The first-order valence-corrected chi connectivity index (χ1v) is 26.7. The lowest BCUT2D eigenvalue weighted by molar-refractivity contribution is 1.06. The summed E-state index contributed by atoms with van der Waals surface area (Å²) in [5.41, 5.74) is 23.5. The highest BCUT2D eigenvalue weighted by atomic mass is 15.2. The molecule has 0 fully saturated rings. The number of para-hydroxylation sites is 5.